The highest BCUT2D eigenvalue weighted by Crippen LogP contribution is 2.41. The molecule has 0 spiro atoms. The van der Waals surface area contributed by atoms with Gasteiger partial charge in [-0.1, -0.05) is 59.4 Å². The molecule has 0 radical (unpaired) electrons. The van der Waals surface area contributed by atoms with Gasteiger partial charge in [0, 0.05) is 18.2 Å². The Labute approximate surface area is 176 Å². The summed E-state index contributed by atoms with van der Waals surface area (Å²) in [5.41, 5.74) is -0.178. The zero-order valence-corrected chi connectivity index (χ0v) is 20.6. The molecule has 0 saturated carbocycles. The van der Waals surface area contributed by atoms with Gasteiger partial charge in [-0.25, -0.2) is 4.98 Å². The molecule has 2 atom stereocenters. The number of aromatic nitrogens is 1. The van der Waals surface area contributed by atoms with Gasteiger partial charge in [-0.15, -0.1) is 0 Å². The van der Waals surface area contributed by atoms with Crippen LogP contribution in [-0.4, -0.2) is 31.4 Å². The molecule has 4 nitrogen and oxygen atoms in total. The fourth-order valence-corrected chi connectivity index (χ4v) is 4.68. The van der Waals surface area contributed by atoms with E-state index in [-0.39, 0.29) is 22.0 Å². The molecule has 28 heavy (non-hydrogen) atoms. The van der Waals surface area contributed by atoms with E-state index < -0.39 is 8.32 Å². The van der Waals surface area contributed by atoms with Gasteiger partial charge in [-0.3, -0.25) is 0 Å². The van der Waals surface area contributed by atoms with Crippen LogP contribution in [0, 0.1) is 5.41 Å². The summed E-state index contributed by atoms with van der Waals surface area (Å²) in [7, 11) is -1.94. The molecule has 0 bridgehead atoms. The lowest BCUT2D eigenvalue weighted by molar-refractivity contribution is -0.0360. The van der Waals surface area contributed by atoms with Crippen molar-refractivity contribution < 1.29 is 13.9 Å². The van der Waals surface area contributed by atoms with E-state index in [4.69, 9.17) is 13.9 Å². The number of allylic oxidation sites excluding steroid dienone is 1. The molecule has 1 aromatic heterocycles. The Balaban J connectivity index is 2.14. The Hall–Kier alpha value is -0.983. The predicted molar refractivity (Wildman–Crippen MR) is 120 cm³/mol. The molecule has 1 aromatic rings. The lowest BCUT2D eigenvalue weighted by Gasteiger charge is -2.40. The SMILES string of the molecule is CC(C)(C)/C(=C/O[C@@H]1CCCO[C@@H]1Sc1ccccn1)O[Si](C)(C)C(C)(C)C. The number of thioether (sulfide) groups is 1. The summed E-state index contributed by atoms with van der Waals surface area (Å²) in [5.74, 6) is 0.922. The lowest BCUT2D eigenvalue weighted by Crippen LogP contribution is -2.42. The predicted octanol–water partition coefficient (Wildman–Crippen LogP) is 6.60. The van der Waals surface area contributed by atoms with Gasteiger partial charge in [-0.2, -0.15) is 0 Å². The molecule has 0 aromatic carbocycles. The van der Waals surface area contributed by atoms with Crippen LogP contribution < -0.4 is 0 Å². The molecule has 6 heteroatoms. The molecule has 1 fully saturated rings. The fourth-order valence-electron chi connectivity index (χ4n) is 2.44. The summed E-state index contributed by atoms with van der Waals surface area (Å²) in [6.45, 7) is 18.6. The van der Waals surface area contributed by atoms with Crippen LogP contribution in [-0.2, 0) is 13.9 Å². The number of pyridine rings is 1. The van der Waals surface area contributed by atoms with Crippen LogP contribution in [0.5, 0.6) is 0 Å². The Kier molecular flexibility index (Phi) is 7.67. The van der Waals surface area contributed by atoms with Crippen molar-refractivity contribution in [3.63, 3.8) is 0 Å². The van der Waals surface area contributed by atoms with E-state index in [2.05, 4.69) is 59.6 Å². The van der Waals surface area contributed by atoms with Gasteiger partial charge in [0.15, 0.2) is 0 Å². The molecule has 1 saturated heterocycles. The van der Waals surface area contributed by atoms with Gasteiger partial charge in [0.25, 0.3) is 0 Å². The van der Waals surface area contributed by atoms with Crippen molar-refractivity contribution in [2.45, 2.75) is 89.1 Å². The second-order valence-corrected chi connectivity index (χ2v) is 15.8. The summed E-state index contributed by atoms with van der Waals surface area (Å²) in [5, 5.41) is 1.10. The molecule has 0 unspecified atom stereocenters. The Morgan fingerprint density at radius 1 is 1.21 bits per heavy atom. The fraction of sp³-hybridized carbons (Fsp3) is 0.682. The van der Waals surface area contributed by atoms with Crippen LogP contribution in [0.2, 0.25) is 18.1 Å². The van der Waals surface area contributed by atoms with Crippen LogP contribution in [0.3, 0.4) is 0 Å². The summed E-state index contributed by atoms with van der Waals surface area (Å²) in [6.07, 6.45) is 5.63. The Morgan fingerprint density at radius 3 is 2.50 bits per heavy atom. The Bertz CT molecular complexity index is 650. The third-order valence-electron chi connectivity index (χ3n) is 5.35. The third-order valence-corrected chi connectivity index (χ3v) is 10.9. The van der Waals surface area contributed by atoms with E-state index in [0.29, 0.717) is 0 Å². The molecule has 1 aliphatic heterocycles. The molecule has 2 rings (SSSR count). The van der Waals surface area contributed by atoms with E-state index in [1.807, 2.05) is 30.7 Å². The molecule has 0 aliphatic carbocycles. The minimum absolute atomic E-state index is 0.0129. The lowest BCUT2D eigenvalue weighted by atomic mass is 9.95. The second kappa shape index (κ2) is 9.22. The van der Waals surface area contributed by atoms with Crippen molar-refractivity contribution in [1.29, 1.82) is 0 Å². The normalized spacial score (nSPS) is 22.1. The first-order valence-corrected chi connectivity index (χ1v) is 13.9. The first-order chi connectivity index (χ1) is 12.9. The quantitative estimate of drug-likeness (QED) is 0.380. The Morgan fingerprint density at radius 2 is 1.93 bits per heavy atom. The molecule has 158 valence electrons. The first-order valence-electron chi connectivity index (χ1n) is 10.1. The first kappa shape index (κ1) is 23.3. The summed E-state index contributed by atoms with van der Waals surface area (Å²) >= 11 is 1.63. The molecule has 1 aliphatic rings. The van der Waals surface area contributed by atoms with Crippen molar-refractivity contribution in [2.24, 2.45) is 5.41 Å². The van der Waals surface area contributed by atoms with Gasteiger partial charge in [-0.05, 0) is 43.1 Å². The van der Waals surface area contributed by atoms with Crippen LogP contribution >= 0.6 is 11.8 Å². The molecule has 2 heterocycles. The summed E-state index contributed by atoms with van der Waals surface area (Å²) in [6, 6.07) is 5.94. The molecular weight excluding hydrogens is 386 g/mol. The van der Waals surface area contributed by atoms with Crippen LogP contribution in [0.15, 0.2) is 41.4 Å². The van der Waals surface area contributed by atoms with E-state index >= 15 is 0 Å². The van der Waals surface area contributed by atoms with Gasteiger partial charge in [0.1, 0.15) is 23.6 Å². The zero-order valence-electron chi connectivity index (χ0n) is 18.7. The van der Waals surface area contributed by atoms with Crippen molar-refractivity contribution in [1.82, 2.24) is 4.98 Å². The van der Waals surface area contributed by atoms with E-state index in [1.165, 1.54) is 0 Å². The third kappa shape index (κ3) is 6.53. The monoisotopic (exact) mass is 423 g/mol. The zero-order chi connectivity index (χ0) is 21.0. The maximum atomic E-state index is 6.63. The standard InChI is InChI=1S/C22H37NO3SSi/c1-21(2,3)18(26-28(7,8)22(4,5)6)16-25-17-12-11-15-24-20(17)27-19-13-9-10-14-23-19/h9-10,13-14,16-17,20H,11-12,15H2,1-8H3/b18-16-/t17-,20-/m1/s1. The van der Waals surface area contributed by atoms with E-state index in [0.717, 1.165) is 30.2 Å². The summed E-state index contributed by atoms with van der Waals surface area (Å²) < 4.78 is 18.9. The number of nitrogens with zero attached hydrogens (tertiary/aromatic N) is 1. The highest BCUT2D eigenvalue weighted by Gasteiger charge is 2.41. The minimum atomic E-state index is -1.94. The van der Waals surface area contributed by atoms with Gasteiger partial charge in [0.05, 0.1) is 5.03 Å². The molecule has 0 N–H and O–H groups in total. The van der Waals surface area contributed by atoms with Crippen molar-refractivity contribution in [3.05, 3.63) is 36.4 Å². The van der Waals surface area contributed by atoms with E-state index in [1.54, 1.807) is 11.8 Å². The molecule has 0 amide bonds. The highest BCUT2D eigenvalue weighted by atomic mass is 32.2. The topological polar surface area (TPSA) is 40.6 Å². The number of hydrogen-bond donors (Lipinski definition) is 0. The summed E-state index contributed by atoms with van der Waals surface area (Å²) in [4.78, 5) is 4.41. The smallest absolute Gasteiger partial charge is 0.250 e. The number of ether oxygens (including phenoxy) is 2. The highest BCUT2D eigenvalue weighted by molar-refractivity contribution is 7.99. The number of hydrogen-bond acceptors (Lipinski definition) is 5. The second-order valence-electron chi connectivity index (χ2n) is 9.94. The van der Waals surface area contributed by atoms with Gasteiger partial charge >= 0.3 is 0 Å². The number of rotatable bonds is 6. The van der Waals surface area contributed by atoms with Crippen LogP contribution in [0.4, 0.5) is 0 Å². The van der Waals surface area contributed by atoms with Crippen molar-refractivity contribution in [2.75, 3.05) is 6.61 Å². The van der Waals surface area contributed by atoms with Gasteiger partial charge < -0.3 is 13.9 Å². The van der Waals surface area contributed by atoms with Crippen LogP contribution in [0.25, 0.3) is 0 Å². The van der Waals surface area contributed by atoms with Crippen molar-refractivity contribution in [3.8, 4) is 0 Å². The average Bonchev–Trinajstić information content (AvgIpc) is 2.58. The van der Waals surface area contributed by atoms with Crippen molar-refractivity contribution >= 4 is 20.1 Å². The largest absolute Gasteiger partial charge is 0.544 e. The van der Waals surface area contributed by atoms with Gasteiger partial charge in [0.2, 0.25) is 8.32 Å². The van der Waals surface area contributed by atoms with E-state index in [9.17, 15) is 0 Å². The molecular formula is C22H37NO3SSi. The maximum absolute atomic E-state index is 6.63. The minimum Gasteiger partial charge on any atom is -0.544 e. The van der Waals surface area contributed by atoms with Crippen LogP contribution in [0.1, 0.15) is 54.4 Å². The maximum Gasteiger partial charge on any atom is 0.250 e. The average molecular weight is 424 g/mol.